The number of hydrogen-bond acceptors (Lipinski definition) is 5. The van der Waals surface area contributed by atoms with Crippen molar-refractivity contribution in [1.82, 2.24) is 9.80 Å². The molecule has 148 valence electrons. The van der Waals surface area contributed by atoms with E-state index < -0.39 is 6.04 Å². The van der Waals surface area contributed by atoms with E-state index in [0.717, 1.165) is 31.7 Å². The first-order valence-corrected chi connectivity index (χ1v) is 10.5. The molecule has 1 saturated heterocycles. The summed E-state index contributed by atoms with van der Waals surface area (Å²) >= 11 is 1.80. The van der Waals surface area contributed by atoms with Crippen molar-refractivity contribution >= 4 is 28.8 Å². The highest BCUT2D eigenvalue weighted by Crippen LogP contribution is 2.25. The molecular formula is C21H25N3O3S. The van der Waals surface area contributed by atoms with Gasteiger partial charge in [0.25, 0.3) is 0 Å². The van der Waals surface area contributed by atoms with E-state index in [1.807, 2.05) is 24.3 Å². The molecule has 2 amide bonds. The zero-order valence-corrected chi connectivity index (χ0v) is 16.8. The Morgan fingerprint density at radius 1 is 1.21 bits per heavy atom. The van der Waals surface area contributed by atoms with Crippen LogP contribution in [-0.4, -0.2) is 54.4 Å². The SMILES string of the molecule is COc1ccc(NC(=O)[C@@H]2CCCN2C(=O)CN2CCc3sccc3C2)cc1. The average molecular weight is 400 g/mol. The number of benzene rings is 1. The Bertz CT molecular complexity index is 849. The average Bonchev–Trinajstić information content (AvgIpc) is 3.37. The summed E-state index contributed by atoms with van der Waals surface area (Å²) in [5.41, 5.74) is 2.05. The van der Waals surface area contributed by atoms with E-state index in [4.69, 9.17) is 4.74 Å². The third-order valence-electron chi connectivity index (χ3n) is 5.48. The van der Waals surface area contributed by atoms with Crippen LogP contribution in [0.25, 0.3) is 0 Å². The van der Waals surface area contributed by atoms with Gasteiger partial charge in [-0.05, 0) is 60.5 Å². The summed E-state index contributed by atoms with van der Waals surface area (Å²) in [5.74, 6) is 0.673. The van der Waals surface area contributed by atoms with E-state index in [9.17, 15) is 9.59 Å². The Balaban J connectivity index is 1.35. The number of ether oxygens (including phenoxy) is 1. The van der Waals surface area contributed by atoms with Gasteiger partial charge in [-0.2, -0.15) is 0 Å². The van der Waals surface area contributed by atoms with Crippen molar-refractivity contribution in [3.63, 3.8) is 0 Å². The van der Waals surface area contributed by atoms with Gasteiger partial charge in [0, 0.05) is 30.2 Å². The number of thiophene rings is 1. The molecule has 1 aromatic carbocycles. The predicted molar refractivity (Wildman–Crippen MR) is 110 cm³/mol. The van der Waals surface area contributed by atoms with Crippen molar-refractivity contribution in [2.24, 2.45) is 0 Å². The molecule has 0 saturated carbocycles. The highest BCUT2D eigenvalue weighted by Gasteiger charge is 2.35. The lowest BCUT2D eigenvalue weighted by Gasteiger charge is -2.30. The third-order valence-corrected chi connectivity index (χ3v) is 6.50. The Morgan fingerprint density at radius 3 is 2.82 bits per heavy atom. The maximum Gasteiger partial charge on any atom is 0.247 e. The smallest absolute Gasteiger partial charge is 0.247 e. The van der Waals surface area contributed by atoms with Gasteiger partial charge in [-0.25, -0.2) is 0 Å². The summed E-state index contributed by atoms with van der Waals surface area (Å²) in [7, 11) is 1.61. The van der Waals surface area contributed by atoms with Crippen molar-refractivity contribution in [2.75, 3.05) is 32.1 Å². The van der Waals surface area contributed by atoms with Gasteiger partial charge in [0.05, 0.1) is 13.7 Å². The molecular weight excluding hydrogens is 374 g/mol. The maximum absolute atomic E-state index is 12.9. The highest BCUT2D eigenvalue weighted by molar-refractivity contribution is 7.10. The topological polar surface area (TPSA) is 61.9 Å². The molecule has 2 aliphatic rings. The van der Waals surface area contributed by atoms with Crippen LogP contribution in [-0.2, 0) is 22.6 Å². The molecule has 0 spiro atoms. The second-order valence-corrected chi connectivity index (χ2v) is 8.29. The van der Waals surface area contributed by atoms with Crippen molar-refractivity contribution in [3.8, 4) is 5.75 Å². The van der Waals surface area contributed by atoms with Crippen LogP contribution in [0.2, 0.25) is 0 Å². The Labute approximate surface area is 169 Å². The van der Waals surface area contributed by atoms with Gasteiger partial charge in [0.15, 0.2) is 0 Å². The molecule has 2 aliphatic heterocycles. The second-order valence-electron chi connectivity index (χ2n) is 7.29. The van der Waals surface area contributed by atoms with E-state index in [1.54, 1.807) is 23.3 Å². The van der Waals surface area contributed by atoms with Gasteiger partial charge in [0.1, 0.15) is 11.8 Å². The van der Waals surface area contributed by atoms with Crippen LogP contribution >= 0.6 is 11.3 Å². The second kappa shape index (κ2) is 8.32. The lowest BCUT2D eigenvalue weighted by Crippen LogP contribution is -2.47. The van der Waals surface area contributed by atoms with Gasteiger partial charge < -0.3 is 15.0 Å². The molecule has 1 N–H and O–H groups in total. The van der Waals surface area contributed by atoms with E-state index >= 15 is 0 Å². The number of nitrogens with one attached hydrogen (secondary N) is 1. The minimum absolute atomic E-state index is 0.0473. The largest absolute Gasteiger partial charge is 0.497 e. The number of carbonyl (C=O) groups is 2. The fourth-order valence-electron chi connectivity index (χ4n) is 3.96. The number of anilines is 1. The van der Waals surface area contributed by atoms with Crippen LogP contribution in [0.3, 0.4) is 0 Å². The number of nitrogens with zero attached hydrogens (tertiary/aromatic N) is 2. The Morgan fingerprint density at radius 2 is 2.04 bits per heavy atom. The van der Waals surface area contributed by atoms with E-state index in [-0.39, 0.29) is 11.8 Å². The first-order valence-electron chi connectivity index (χ1n) is 9.66. The summed E-state index contributed by atoms with van der Waals surface area (Å²) in [6, 6.07) is 8.99. The van der Waals surface area contributed by atoms with Gasteiger partial charge in [0.2, 0.25) is 11.8 Å². The van der Waals surface area contributed by atoms with E-state index in [2.05, 4.69) is 21.7 Å². The van der Waals surface area contributed by atoms with Gasteiger partial charge in [-0.1, -0.05) is 0 Å². The number of likely N-dealkylation sites (tertiary alicyclic amines) is 1. The lowest BCUT2D eigenvalue weighted by molar-refractivity contribution is -0.137. The molecule has 1 aromatic heterocycles. The first kappa shape index (κ1) is 19.0. The van der Waals surface area contributed by atoms with Crippen LogP contribution < -0.4 is 10.1 Å². The number of rotatable bonds is 5. The van der Waals surface area contributed by atoms with Gasteiger partial charge >= 0.3 is 0 Å². The molecule has 28 heavy (non-hydrogen) atoms. The van der Waals surface area contributed by atoms with Gasteiger partial charge in [-0.15, -0.1) is 11.3 Å². The van der Waals surface area contributed by atoms with Crippen LogP contribution in [0.4, 0.5) is 5.69 Å². The van der Waals surface area contributed by atoms with Crippen LogP contribution in [0.5, 0.6) is 5.75 Å². The summed E-state index contributed by atoms with van der Waals surface area (Å²) in [4.78, 5) is 31.0. The molecule has 3 heterocycles. The molecule has 1 atom stereocenters. The minimum atomic E-state index is -0.392. The minimum Gasteiger partial charge on any atom is -0.497 e. The van der Waals surface area contributed by atoms with Crippen LogP contribution in [0.1, 0.15) is 23.3 Å². The number of amides is 2. The van der Waals surface area contributed by atoms with Crippen molar-refractivity contribution < 1.29 is 14.3 Å². The number of fused-ring (bicyclic) bond motifs is 1. The highest BCUT2D eigenvalue weighted by atomic mass is 32.1. The van der Waals surface area contributed by atoms with Gasteiger partial charge in [-0.3, -0.25) is 14.5 Å². The molecule has 0 bridgehead atoms. The molecule has 4 rings (SSSR count). The van der Waals surface area contributed by atoms with E-state index in [0.29, 0.717) is 25.2 Å². The predicted octanol–water partition coefficient (Wildman–Crippen LogP) is 2.74. The van der Waals surface area contributed by atoms with Crippen molar-refractivity contribution in [3.05, 3.63) is 46.2 Å². The molecule has 0 unspecified atom stereocenters. The molecule has 0 aliphatic carbocycles. The summed E-state index contributed by atoms with van der Waals surface area (Å²) in [6.07, 6.45) is 2.57. The lowest BCUT2D eigenvalue weighted by atomic mass is 10.1. The number of methoxy groups -OCH3 is 1. The third kappa shape index (κ3) is 4.05. The molecule has 0 radical (unpaired) electrons. The fraction of sp³-hybridized carbons (Fsp3) is 0.429. The summed E-state index contributed by atoms with van der Waals surface area (Å²) < 4.78 is 5.14. The first-order chi connectivity index (χ1) is 13.6. The van der Waals surface area contributed by atoms with Crippen LogP contribution in [0, 0.1) is 0 Å². The Hall–Kier alpha value is -2.38. The zero-order valence-electron chi connectivity index (χ0n) is 16.0. The summed E-state index contributed by atoms with van der Waals surface area (Å²) in [6.45, 7) is 2.75. The fourth-order valence-corrected chi connectivity index (χ4v) is 4.85. The Kier molecular flexibility index (Phi) is 5.64. The van der Waals surface area contributed by atoms with Crippen molar-refractivity contribution in [1.29, 1.82) is 0 Å². The molecule has 6 nitrogen and oxygen atoms in total. The number of carbonyl (C=O) groups excluding carboxylic acids is 2. The maximum atomic E-state index is 12.9. The van der Waals surface area contributed by atoms with E-state index in [1.165, 1.54) is 10.4 Å². The normalized spacial score (nSPS) is 19.3. The zero-order chi connectivity index (χ0) is 19.5. The summed E-state index contributed by atoms with van der Waals surface area (Å²) in [5, 5.41) is 5.05. The quantitative estimate of drug-likeness (QED) is 0.840. The monoisotopic (exact) mass is 399 g/mol. The number of hydrogen-bond donors (Lipinski definition) is 1. The molecule has 2 aromatic rings. The molecule has 7 heteroatoms. The van der Waals surface area contributed by atoms with Crippen LogP contribution in [0.15, 0.2) is 35.7 Å². The molecule has 1 fully saturated rings. The van der Waals surface area contributed by atoms with Crippen molar-refractivity contribution in [2.45, 2.75) is 31.8 Å². The standard InChI is InChI=1S/C21H25N3O3S/c1-27-17-6-4-16(5-7-17)22-21(26)18-3-2-10-24(18)20(25)14-23-11-8-19-15(13-23)9-12-28-19/h4-7,9,12,18H,2-3,8,10-11,13-14H2,1H3,(H,22,26)/t18-/m0/s1.